The van der Waals surface area contributed by atoms with Crippen LogP contribution in [0.3, 0.4) is 0 Å². The predicted octanol–water partition coefficient (Wildman–Crippen LogP) is 3.10. The van der Waals surface area contributed by atoms with E-state index in [1.165, 1.54) is 6.33 Å². The van der Waals surface area contributed by atoms with E-state index in [2.05, 4.69) is 9.97 Å². The molecule has 0 N–H and O–H groups in total. The van der Waals surface area contributed by atoms with Gasteiger partial charge in [-0.3, -0.25) is 10.1 Å². The zero-order chi connectivity index (χ0) is 19.9. The molecule has 1 aromatic heterocycles. The lowest BCUT2D eigenvalue weighted by molar-refractivity contribution is -0.383. The number of benzene rings is 1. The fourth-order valence-corrected chi connectivity index (χ4v) is 3.40. The highest BCUT2D eigenvalue weighted by Gasteiger charge is 2.32. The maximum Gasteiger partial charge on any atom is 0.353 e. The van der Waals surface area contributed by atoms with Crippen LogP contribution in [-0.4, -0.2) is 34.5 Å². The third kappa shape index (κ3) is 3.84. The number of para-hydroxylation sites is 1. The Kier molecular flexibility index (Phi) is 5.97. The number of hydrogen-bond acceptors (Lipinski definition) is 8. The molecule has 0 aliphatic carbocycles. The van der Waals surface area contributed by atoms with Crippen LogP contribution in [0, 0.1) is 32.8 Å². The highest BCUT2D eigenvalue weighted by atomic mass is 16.6. The molecule has 9 heteroatoms. The highest BCUT2D eigenvalue weighted by Crippen LogP contribution is 2.40. The number of nitriles is 2. The van der Waals surface area contributed by atoms with Gasteiger partial charge < -0.3 is 9.80 Å². The molecule has 1 aromatic carbocycles. The average molecular weight is 377 g/mol. The summed E-state index contributed by atoms with van der Waals surface area (Å²) in [4.78, 5) is 23.4. The molecule has 28 heavy (non-hydrogen) atoms. The van der Waals surface area contributed by atoms with Gasteiger partial charge >= 0.3 is 5.69 Å². The van der Waals surface area contributed by atoms with Crippen molar-refractivity contribution in [2.75, 3.05) is 29.4 Å². The minimum atomic E-state index is -0.479. The van der Waals surface area contributed by atoms with Gasteiger partial charge in [-0.25, -0.2) is 9.97 Å². The van der Waals surface area contributed by atoms with Crippen molar-refractivity contribution in [2.24, 2.45) is 0 Å². The molecule has 0 atom stereocenters. The van der Waals surface area contributed by atoms with Crippen molar-refractivity contribution in [3.05, 3.63) is 46.3 Å². The molecule has 0 fully saturated rings. The van der Waals surface area contributed by atoms with Gasteiger partial charge in [0, 0.05) is 25.3 Å². The highest BCUT2D eigenvalue weighted by molar-refractivity contribution is 5.77. The second-order valence-electron chi connectivity index (χ2n) is 6.31. The van der Waals surface area contributed by atoms with Crippen molar-refractivity contribution in [3.63, 3.8) is 0 Å². The number of nitro groups is 1. The normalized spacial score (nSPS) is 12.6. The van der Waals surface area contributed by atoms with Gasteiger partial charge in [-0.15, -0.1) is 0 Å². The van der Waals surface area contributed by atoms with Gasteiger partial charge in [0.25, 0.3) is 0 Å². The summed E-state index contributed by atoms with van der Waals surface area (Å²) in [5.41, 5.74) is 1.83. The summed E-state index contributed by atoms with van der Waals surface area (Å²) in [5, 5.41) is 29.8. The van der Waals surface area contributed by atoms with Crippen LogP contribution in [0.1, 0.15) is 24.8 Å². The monoisotopic (exact) mass is 377 g/mol. The maximum atomic E-state index is 12.0. The Labute approximate surface area is 162 Å². The van der Waals surface area contributed by atoms with E-state index in [4.69, 9.17) is 10.5 Å². The van der Waals surface area contributed by atoms with Crippen molar-refractivity contribution < 1.29 is 4.92 Å². The predicted molar refractivity (Wildman–Crippen MR) is 103 cm³/mol. The second-order valence-corrected chi connectivity index (χ2v) is 6.31. The molecule has 2 aromatic rings. The van der Waals surface area contributed by atoms with E-state index in [9.17, 15) is 10.1 Å². The van der Waals surface area contributed by atoms with Crippen molar-refractivity contribution >= 4 is 23.0 Å². The van der Waals surface area contributed by atoms with Crippen LogP contribution in [0.4, 0.5) is 23.0 Å². The molecule has 0 amide bonds. The van der Waals surface area contributed by atoms with Crippen molar-refractivity contribution in [3.8, 4) is 12.1 Å². The molecule has 1 aliphatic rings. The van der Waals surface area contributed by atoms with Gasteiger partial charge in [-0.1, -0.05) is 18.2 Å². The summed E-state index contributed by atoms with van der Waals surface area (Å²) in [6, 6.07) is 11.9. The first-order chi connectivity index (χ1) is 13.7. The molecular formula is C19H19N7O2. The van der Waals surface area contributed by atoms with Gasteiger partial charge in [0.15, 0.2) is 0 Å². The van der Waals surface area contributed by atoms with Crippen LogP contribution in [0.5, 0.6) is 0 Å². The van der Waals surface area contributed by atoms with E-state index in [0.717, 1.165) is 24.1 Å². The molecule has 0 saturated carbocycles. The number of aromatic nitrogens is 2. The van der Waals surface area contributed by atoms with Crippen molar-refractivity contribution in [2.45, 2.75) is 25.7 Å². The first-order valence-electron chi connectivity index (χ1n) is 9.01. The van der Waals surface area contributed by atoms with Crippen LogP contribution in [0.25, 0.3) is 0 Å². The largest absolute Gasteiger partial charge is 0.353 e. The Hall–Kier alpha value is -3.72. The van der Waals surface area contributed by atoms with Crippen LogP contribution in [-0.2, 0) is 6.42 Å². The molecule has 0 bridgehead atoms. The van der Waals surface area contributed by atoms with E-state index in [-0.39, 0.29) is 43.3 Å². The summed E-state index contributed by atoms with van der Waals surface area (Å²) >= 11 is 0. The SMILES string of the molecule is N#CCCN(CCC#N)c1ncnc(N2CCCc3ccccc32)c1[N+](=O)[O-]. The van der Waals surface area contributed by atoms with E-state index >= 15 is 0 Å². The smallest absolute Gasteiger partial charge is 0.349 e. The van der Waals surface area contributed by atoms with Crippen LogP contribution in [0.15, 0.2) is 30.6 Å². The lowest BCUT2D eigenvalue weighted by atomic mass is 10.0. The lowest BCUT2D eigenvalue weighted by Gasteiger charge is -2.31. The molecule has 0 saturated heterocycles. The molecule has 9 nitrogen and oxygen atoms in total. The van der Waals surface area contributed by atoms with Gasteiger partial charge in [0.2, 0.25) is 11.6 Å². The number of rotatable bonds is 7. The van der Waals surface area contributed by atoms with Crippen LogP contribution in [0.2, 0.25) is 0 Å². The zero-order valence-electron chi connectivity index (χ0n) is 15.3. The summed E-state index contributed by atoms with van der Waals surface area (Å²) in [7, 11) is 0. The summed E-state index contributed by atoms with van der Waals surface area (Å²) in [6.45, 7) is 1.13. The average Bonchev–Trinajstić information content (AvgIpc) is 2.73. The standard InChI is InChI=1S/C19H19N7O2/c20-9-4-11-24(12-5-10-21)18-17(26(27)28)19(23-14-22-18)25-13-3-7-15-6-1-2-8-16(15)25/h1-2,6,8,14H,3-5,7,11-13H2. The van der Waals surface area contributed by atoms with Gasteiger partial charge in [0.1, 0.15) is 6.33 Å². The molecule has 2 heterocycles. The third-order valence-electron chi connectivity index (χ3n) is 4.62. The molecule has 0 spiro atoms. The first kappa shape index (κ1) is 19.1. The Morgan fingerprint density at radius 2 is 1.89 bits per heavy atom. The number of nitrogens with zero attached hydrogens (tertiary/aromatic N) is 7. The van der Waals surface area contributed by atoms with E-state index in [1.807, 2.05) is 41.3 Å². The quantitative estimate of drug-likeness (QED) is 0.532. The summed E-state index contributed by atoms with van der Waals surface area (Å²) in [5.74, 6) is 0.379. The number of anilines is 3. The Bertz CT molecular complexity index is 930. The maximum absolute atomic E-state index is 12.0. The Balaban J connectivity index is 2.09. The van der Waals surface area contributed by atoms with Gasteiger partial charge in [-0.2, -0.15) is 10.5 Å². The minimum Gasteiger partial charge on any atom is -0.349 e. The van der Waals surface area contributed by atoms with E-state index < -0.39 is 4.92 Å². The Morgan fingerprint density at radius 1 is 1.18 bits per heavy atom. The minimum absolute atomic E-state index is 0.142. The number of aryl methyl sites for hydroxylation is 1. The Morgan fingerprint density at radius 3 is 2.57 bits per heavy atom. The van der Waals surface area contributed by atoms with Gasteiger partial charge in [-0.05, 0) is 24.5 Å². The molecule has 3 rings (SSSR count). The molecule has 142 valence electrons. The van der Waals surface area contributed by atoms with Crippen molar-refractivity contribution in [1.82, 2.24) is 9.97 Å². The fraction of sp³-hybridized carbons (Fsp3) is 0.368. The van der Waals surface area contributed by atoms with Crippen molar-refractivity contribution in [1.29, 1.82) is 10.5 Å². The first-order valence-corrected chi connectivity index (χ1v) is 9.01. The third-order valence-corrected chi connectivity index (χ3v) is 4.62. The molecule has 1 aliphatic heterocycles. The second kappa shape index (κ2) is 8.78. The topological polar surface area (TPSA) is 123 Å². The summed E-state index contributed by atoms with van der Waals surface area (Å²) in [6.07, 6.45) is 3.43. The van der Waals surface area contributed by atoms with Crippen LogP contribution >= 0.6 is 0 Å². The fourth-order valence-electron chi connectivity index (χ4n) is 3.40. The molecule has 0 unspecified atom stereocenters. The number of fused-ring (bicyclic) bond motifs is 1. The number of hydrogen-bond donors (Lipinski definition) is 0. The summed E-state index contributed by atoms with van der Waals surface area (Å²) < 4.78 is 0. The van der Waals surface area contributed by atoms with E-state index in [0.29, 0.717) is 6.54 Å². The molecule has 0 radical (unpaired) electrons. The molecular weight excluding hydrogens is 358 g/mol. The van der Waals surface area contributed by atoms with Crippen LogP contribution < -0.4 is 9.80 Å². The van der Waals surface area contributed by atoms with E-state index in [1.54, 1.807) is 4.90 Å². The lowest BCUT2D eigenvalue weighted by Crippen LogP contribution is -2.30. The zero-order valence-corrected chi connectivity index (χ0v) is 15.3. The van der Waals surface area contributed by atoms with Gasteiger partial charge in [0.05, 0.1) is 29.9 Å².